The number of fused-ring (bicyclic) bond motifs is 1. The van der Waals surface area contributed by atoms with Crippen LogP contribution in [0.5, 0.6) is 11.5 Å². The van der Waals surface area contributed by atoms with Crippen LogP contribution in [0.3, 0.4) is 0 Å². The minimum absolute atomic E-state index is 0.266. The smallest absolute Gasteiger partial charge is 0.256 e. The summed E-state index contributed by atoms with van der Waals surface area (Å²) in [7, 11) is 0. The van der Waals surface area contributed by atoms with E-state index in [1.165, 1.54) is 18.3 Å². The molecular formula is C22H23FN2O3. The molecule has 3 rings (SSSR count). The number of nitrogens with one attached hydrogen (secondary N) is 1. The molecule has 0 saturated heterocycles. The summed E-state index contributed by atoms with van der Waals surface area (Å²) in [6.07, 6.45) is 4.02. The lowest BCUT2D eigenvalue weighted by molar-refractivity contribution is -0.112. The van der Waals surface area contributed by atoms with Gasteiger partial charge in [-0.3, -0.25) is 9.79 Å². The van der Waals surface area contributed by atoms with Crippen molar-refractivity contribution in [1.82, 2.24) is 0 Å². The Hall–Kier alpha value is -3.15. The molecule has 0 radical (unpaired) electrons. The highest BCUT2D eigenvalue weighted by molar-refractivity contribution is 6.17. The molecule has 1 atom stereocenters. The molecule has 0 saturated carbocycles. The summed E-state index contributed by atoms with van der Waals surface area (Å²) in [5, 5.41) is 2.86. The highest BCUT2D eigenvalue weighted by Gasteiger charge is 2.14. The summed E-state index contributed by atoms with van der Waals surface area (Å²) in [6, 6.07) is 11.3. The Morgan fingerprint density at radius 1 is 1.21 bits per heavy atom. The van der Waals surface area contributed by atoms with Gasteiger partial charge in [-0.15, -0.1) is 0 Å². The summed E-state index contributed by atoms with van der Waals surface area (Å²) in [5.74, 6) is 0.700. The molecule has 0 bridgehead atoms. The van der Waals surface area contributed by atoms with Crippen molar-refractivity contribution in [2.45, 2.75) is 26.3 Å². The Morgan fingerprint density at radius 2 is 2.00 bits per heavy atom. The monoisotopic (exact) mass is 382 g/mol. The van der Waals surface area contributed by atoms with E-state index < -0.39 is 0 Å². The van der Waals surface area contributed by atoms with Crippen molar-refractivity contribution in [2.75, 3.05) is 18.5 Å². The molecule has 1 aliphatic heterocycles. The van der Waals surface area contributed by atoms with Gasteiger partial charge in [-0.25, -0.2) is 4.39 Å². The second-order valence-electron chi connectivity index (χ2n) is 6.39. The number of benzene rings is 2. The van der Waals surface area contributed by atoms with Crippen LogP contribution in [0.2, 0.25) is 0 Å². The van der Waals surface area contributed by atoms with Gasteiger partial charge in [0.25, 0.3) is 5.91 Å². The lowest BCUT2D eigenvalue weighted by Crippen LogP contribution is -2.17. The standard InChI is InChI=1S/C22H23FN2O3/c1-3-5-17(14-24-15(2)16-6-4-7-18(23)12-16)22(26)25-19-8-9-20-21(13-19)28-11-10-27-20/h4-9,12-15H,3,10-11H2,1-2H3,(H,25,26)/b17-5+,24-14?. The Kier molecular flexibility index (Phi) is 6.42. The quantitative estimate of drug-likeness (QED) is 0.582. The van der Waals surface area contributed by atoms with Crippen molar-refractivity contribution in [1.29, 1.82) is 0 Å². The Morgan fingerprint density at radius 3 is 2.75 bits per heavy atom. The first-order valence-corrected chi connectivity index (χ1v) is 9.26. The number of hydrogen-bond donors (Lipinski definition) is 1. The zero-order valence-electron chi connectivity index (χ0n) is 15.9. The molecule has 146 valence electrons. The van der Waals surface area contributed by atoms with Crippen LogP contribution >= 0.6 is 0 Å². The zero-order chi connectivity index (χ0) is 19.9. The third-order valence-electron chi connectivity index (χ3n) is 4.25. The Balaban J connectivity index is 1.71. The average molecular weight is 382 g/mol. The van der Waals surface area contributed by atoms with Crippen molar-refractivity contribution in [3.8, 4) is 11.5 Å². The van der Waals surface area contributed by atoms with E-state index in [1.807, 2.05) is 19.9 Å². The van der Waals surface area contributed by atoms with Gasteiger partial charge in [0, 0.05) is 18.0 Å². The number of allylic oxidation sites excluding steroid dienone is 1. The fourth-order valence-electron chi connectivity index (χ4n) is 2.79. The molecule has 2 aromatic carbocycles. The van der Waals surface area contributed by atoms with Gasteiger partial charge in [0.15, 0.2) is 11.5 Å². The maximum atomic E-state index is 13.4. The van der Waals surface area contributed by atoms with Crippen molar-refractivity contribution in [3.05, 3.63) is 65.5 Å². The molecule has 6 heteroatoms. The van der Waals surface area contributed by atoms with Crippen LogP contribution in [0, 0.1) is 5.82 Å². The maximum Gasteiger partial charge on any atom is 0.256 e. The number of rotatable bonds is 6. The molecule has 1 heterocycles. The number of anilines is 1. The number of amides is 1. The molecule has 0 aliphatic carbocycles. The van der Waals surface area contributed by atoms with E-state index in [2.05, 4.69) is 10.3 Å². The zero-order valence-corrected chi connectivity index (χ0v) is 15.9. The molecule has 0 fully saturated rings. The predicted molar refractivity (Wildman–Crippen MR) is 108 cm³/mol. The SMILES string of the molecule is CC/C=C(\C=NC(C)c1cccc(F)c1)C(=O)Nc1ccc2c(c1)OCCO2. The largest absolute Gasteiger partial charge is 0.486 e. The van der Waals surface area contributed by atoms with Gasteiger partial charge in [-0.2, -0.15) is 0 Å². The Bertz CT molecular complexity index is 908. The summed E-state index contributed by atoms with van der Waals surface area (Å²) in [6.45, 7) is 4.80. The van der Waals surface area contributed by atoms with E-state index in [0.717, 1.165) is 5.56 Å². The van der Waals surface area contributed by atoms with Crippen LogP contribution in [-0.4, -0.2) is 25.3 Å². The molecule has 1 N–H and O–H groups in total. The van der Waals surface area contributed by atoms with Crippen molar-refractivity contribution >= 4 is 17.8 Å². The summed E-state index contributed by atoms with van der Waals surface area (Å²) in [4.78, 5) is 17.1. The molecule has 28 heavy (non-hydrogen) atoms. The first-order chi connectivity index (χ1) is 13.6. The maximum absolute atomic E-state index is 13.4. The minimum atomic E-state index is -0.305. The molecule has 0 aromatic heterocycles. The highest BCUT2D eigenvalue weighted by Crippen LogP contribution is 2.32. The third-order valence-corrected chi connectivity index (χ3v) is 4.25. The first kappa shape index (κ1) is 19.6. The second kappa shape index (κ2) is 9.17. The molecule has 5 nitrogen and oxygen atoms in total. The van der Waals surface area contributed by atoms with Crippen LogP contribution in [0.1, 0.15) is 31.9 Å². The van der Waals surface area contributed by atoms with Gasteiger partial charge in [0.1, 0.15) is 19.0 Å². The second-order valence-corrected chi connectivity index (χ2v) is 6.39. The number of aliphatic imine (C=N–C) groups is 1. The van der Waals surface area contributed by atoms with Crippen molar-refractivity contribution in [2.24, 2.45) is 4.99 Å². The summed E-state index contributed by atoms with van der Waals surface area (Å²) < 4.78 is 24.4. The van der Waals surface area contributed by atoms with E-state index in [4.69, 9.17) is 9.47 Å². The van der Waals surface area contributed by atoms with Crippen LogP contribution in [0.4, 0.5) is 10.1 Å². The molecule has 1 unspecified atom stereocenters. The minimum Gasteiger partial charge on any atom is -0.486 e. The molecule has 1 amide bonds. The number of carbonyl (C=O) groups is 1. The van der Waals surface area contributed by atoms with Crippen LogP contribution in [0.25, 0.3) is 0 Å². The van der Waals surface area contributed by atoms with E-state index in [9.17, 15) is 9.18 Å². The van der Waals surface area contributed by atoms with Crippen LogP contribution in [0.15, 0.2) is 59.1 Å². The molecule has 1 aliphatic rings. The Labute approximate surface area is 163 Å². The van der Waals surface area contributed by atoms with E-state index in [1.54, 1.807) is 30.3 Å². The number of halogens is 1. The van der Waals surface area contributed by atoms with Gasteiger partial charge >= 0.3 is 0 Å². The van der Waals surface area contributed by atoms with E-state index >= 15 is 0 Å². The topological polar surface area (TPSA) is 59.9 Å². The number of hydrogen-bond acceptors (Lipinski definition) is 4. The molecule has 0 spiro atoms. The lowest BCUT2D eigenvalue weighted by Gasteiger charge is -2.19. The van der Waals surface area contributed by atoms with Crippen LogP contribution in [-0.2, 0) is 4.79 Å². The number of carbonyl (C=O) groups excluding carboxylic acids is 1. The summed E-state index contributed by atoms with van der Waals surface area (Å²) in [5.41, 5.74) is 1.81. The molecular weight excluding hydrogens is 359 g/mol. The molecule has 2 aromatic rings. The normalized spacial score (nSPS) is 14.8. The van der Waals surface area contributed by atoms with Gasteiger partial charge in [0.05, 0.1) is 11.6 Å². The van der Waals surface area contributed by atoms with Crippen molar-refractivity contribution < 1.29 is 18.7 Å². The van der Waals surface area contributed by atoms with Crippen molar-refractivity contribution in [3.63, 3.8) is 0 Å². The summed E-state index contributed by atoms with van der Waals surface area (Å²) >= 11 is 0. The number of nitrogens with zero attached hydrogens (tertiary/aromatic N) is 1. The fraction of sp³-hybridized carbons (Fsp3) is 0.273. The number of ether oxygens (including phenoxy) is 2. The van der Waals surface area contributed by atoms with Gasteiger partial charge < -0.3 is 14.8 Å². The predicted octanol–water partition coefficient (Wildman–Crippen LogP) is 4.70. The van der Waals surface area contributed by atoms with Crippen LogP contribution < -0.4 is 14.8 Å². The fourth-order valence-corrected chi connectivity index (χ4v) is 2.79. The van der Waals surface area contributed by atoms with E-state index in [-0.39, 0.29) is 17.8 Å². The van der Waals surface area contributed by atoms with E-state index in [0.29, 0.717) is 42.4 Å². The lowest BCUT2D eigenvalue weighted by atomic mass is 10.1. The first-order valence-electron chi connectivity index (χ1n) is 9.26. The average Bonchev–Trinajstić information content (AvgIpc) is 2.70. The van der Waals surface area contributed by atoms with Gasteiger partial charge in [-0.05, 0) is 43.2 Å². The van der Waals surface area contributed by atoms with Gasteiger partial charge in [-0.1, -0.05) is 25.1 Å². The highest BCUT2D eigenvalue weighted by atomic mass is 19.1. The third kappa shape index (κ3) is 4.97. The van der Waals surface area contributed by atoms with Gasteiger partial charge in [0.2, 0.25) is 0 Å².